The Morgan fingerprint density at radius 2 is 1.85 bits per heavy atom. The summed E-state index contributed by atoms with van der Waals surface area (Å²) in [6, 6.07) is 6.20. The smallest absolute Gasteiger partial charge is 0.0329 e. The van der Waals surface area contributed by atoms with E-state index >= 15 is 0 Å². The molecular weight excluding hydrogens is 294 g/mol. The van der Waals surface area contributed by atoms with Crippen LogP contribution in [-0.2, 0) is 0 Å². The Morgan fingerprint density at radius 3 is 2.31 bits per heavy atom. The van der Waals surface area contributed by atoms with E-state index in [2.05, 4.69) is 51.8 Å². The highest BCUT2D eigenvalue weighted by atomic mass is 79.9. The molecule has 3 heteroatoms. The van der Waals surface area contributed by atoms with Crippen LogP contribution in [0, 0.1) is 5.92 Å². The predicted octanol–water partition coefficient (Wildman–Crippen LogP) is 3.87. The van der Waals surface area contributed by atoms with Crippen LogP contribution < -0.4 is 5.73 Å². The maximum atomic E-state index is 6.04. The van der Waals surface area contributed by atoms with Crippen LogP contribution in [0.2, 0.25) is 0 Å². The monoisotopic (exact) mass is 305 g/mol. The molecule has 0 amide bonds. The summed E-state index contributed by atoms with van der Waals surface area (Å²) in [5.41, 5.74) is 7.21. The van der Waals surface area contributed by atoms with Crippen molar-refractivity contribution in [2.75, 3.05) is 0 Å². The Bertz CT molecular complexity index is 297. The van der Waals surface area contributed by atoms with Gasteiger partial charge >= 0.3 is 0 Å². The van der Waals surface area contributed by atoms with E-state index in [9.17, 15) is 0 Å². The number of halogens is 2. The second-order valence-corrected chi connectivity index (χ2v) is 5.21. The maximum absolute atomic E-state index is 6.04. The molecule has 72 valence electrons. The second kappa shape index (κ2) is 4.58. The minimum absolute atomic E-state index is 0.0995. The van der Waals surface area contributed by atoms with E-state index in [0.29, 0.717) is 5.92 Å². The first-order valence-corrected chi connectivity index (χ1v) is 5.81. The molecule has 0 saturated heterocycles. The fourth-order valence-electron chi connectivity index (χ4n) is 1.13. The Morgan fingerprint density at radius 1 is 1.23 bits per heavy atom. The van der Waals surface area contributed by atoms with Gasteiger partial charge in [-0.3, -0.25) is 0 Å². The lowest BCUT2D eigenvalue weighted by Crippen LogP contribution is -2.17. The average molecular weight is 307 g/mol. The van der Waals surface area contributed by atoms with Crippen LogP contribution in [0.4, 0.5) is 0 Å². The van der Waals surface area contributed by atoms with Crippen molar-refractivity contribution in [3.63, 3.8) is 0 Å². The molecule has 1 unspecified atom stereocenters. The summed E-state index contributed by atoms with van der Waals surface area (Å²) in [6.45, 7) is 4.25. The van der Waals surface area contributed by atoms with Crippen molar-refractivity contribution in [1.82, 2.24) is 0 Å². The van der Waals surface area contributed by atoms with Gasteiger partial charge in [-0.25, -0.2) is 0 Å². The SMILES string of the molecule is CC(C)C(N)c1ccc(Br)cc1Br. The molecule has 0 fully saturated rings. The summed E-state index contributed by atoms with van der Waals surface area (Å²) in [6.07, 6.45) is 0. The number of benzene rings is 1. The maximum Gasteiger partial charge on any atom is 0.0329 e. The molecule has 1 rings (SSSR count). The van der Waals surface area contributed by atoms with Crippen LogP contribution in [-0.4, -0.2) is 0 Å². The minimum Gasteiger partial charge on any atom is -0.324 e. The molecule has 2 N–H and O–H groups in total. The molecular formula is C10H13Br2N. The molecule has 0 aromatic heterocycles. The third-order valence-electron chi connectivity index (χ3n) is 2.04. The fraction of sp³-hybridized carbons (Fsp3) is 0.400. The number of hydrogen-bond donors (Lipinski definition) is 1. The Labute approximate surface area is 96.0 Å². The topological polar surface area (TPSA) is 26.0 Å². The van der Waals surface area contributed by atoms with Gasteiger partial charge in [0.25, 0.3) is 0 Å². The van der Waals surface area contributed by atoms with Gasteiger partial charge in [0.2, 0.25) is 0 Å². The molecule has 0 bridgehead atoms. The van der Waals surface area contributed by atoms with Gasteiger partial charge in [-0.1, -0.05) is 51.8 Å². The lowest BCUT2D eigenvalue weighted by atomic mass is 9.97. The van der Waals surface area contributed by atoms with Crippen molar-refractivity contribution in [3.8, 4) is 0 Å². The Kier molecular flexibility index (Phi) is 3.95. The summed E-state index contributed by atoms with van der Waals surface area (Å²) >= 11 is 6.92. The van der Waals surface area contributed by atoms with Gasteiger partial charge in [-0.2, -0.15) is 0 Å². The molecule has 13 heavy (non-hydrogen) atoms. The van der Waals surface area contributed by atoms with E-state index < -0.39 is 0 Å². The summed E-state index contributed by atoms with van der Waals surface area (Å²) in [4.78, 5) is 0. The third-order valence-corrected chi connectivity index (χ3v) is 3.22. The number of rotatable bonds is 2. The molecule has 0 aliphatic heterocycles. The first-order valence-electron chi connectivity index (χ1n) is 4.23. The highest BCUT2D eigenvalue weighted by Gasteiger charge is 2.13. The van der Waals surface area contributed by atoms with Crippen molar-refractivity contribution >= 4 is 31.9 Å². The average Bonchev–Trinajstić information content (AvgIpc) is 2.03. The van der Waals surface area contributed by atoms with Gasteiger partial charge in [-0.05, 0) is 23.6 Å². The van der Waals surface area contributed by atoms with Gasteiger partial charge in [0.15, 0.2) is 0 Å². The van der Waals surface area contributed by atoms with Crippen LogP contribution in [0.3, 0.4) is 0 Å². The van der Waals surface area contributed by atoms with Gasteiger partial charge in [-0.15, -0.1) is 0 Å². The van der Waals surface area contributed by atoms with E-state index in [1.54, 1.807) is 0 Å². The van der Waals surface area contributed by atoms with E-state index in [4.69, 9.17) is 5.73 Å². The van der Waals surface area contributed by atoms with E-state index in [1.165, 1.54) is 5.56 Å². The molecule has 1 nitrogen and oxygen atoms in total. The molecule has 1 aromatic rings. The summed E-state index contributed by atoms with van der Waals surface area (Å²) in [5, 5.41) is 0. The highest BCUT2D eigenvalue weighted by molar-refractivity contribution is 9.11. The third kappa shape index (κ3) is 2.79. The molecule has 1 atom stereocenters. The van der Waals surface area contributed by atoms with E-state index in [-0.39, 0.29) is 6.04 Å². The summed E-state index contributed by atoms with van der Waals surface area (Å²) < 4.78 is 2.14. The van der Waals surface area contributed by atoms with Gasteiger partial charge in [0.1, 0.15) is 0 Å². The summed E-state index contributed by atoms with van der Waals surface area (Å²) in [7, 11) is 0. The van der Waals surface area contributed by atoms with Crippen molar-refractivity contribution in [3.05, 3.63) is 32.7 Å². The van der Waals surface area contributed by atoms with Gasteiger partial charge in [0, 0.05) is 15.0 Å². The predicted molar refractivity (Wildman–Crippen MR) is 63.6 cm³/mol. The van der Waals surface area contributed by atoms with Crippen LogP contribution in [0.25, 0.3) is 0 Å². The first-order chi connectivity index (χ1) is 6.02. The second-order valence-electron chi connectivity index (χ2n) is 3.44. The molecule has 0 radical (unpaired) electrons. The molecule has 1 aromatic carbocycles. The van der Waals surface area contributed by atoms with Crippen molar-refractivity contribution in [2.45, 2.75) is 19.9 Å². The van der Waals surface area contributed by atoms with Crippen molar-refractivity contribution in [1.29, 1.82) is 0 Å². The molecule has 0 aliphatic rings. The zero-order valence-electron chi connectivity index (χ0n) is 7.72. The number of nitrogens with two attached hydrogens (primary N) is 1. The van der Waals surface area contributed by atoms with Gasteiger partial charge in [0.05, 0.1) is 0 Å². The van der Waals surface area contributed by atoms with Crippen LogP contribution in [0.5, 0.6) is 0 Å². The van der Waals surface area contributed by atoms with Crippen molar-refractivity contribution < 1.29 is 0 Å². The lowest BCUT2D eigenvalue weighted by Gasteiger charge is -2.17. The summed E-state index contributed by atoms with van der Waals surface area (Å²) in [5.74, 6) is 0.456. The molecule has 0 spiro atoms. The largest absolute Gasteiger partial charge is 0.324 e. The molecule has 0 heterocycles. The fourth-order valence-corrected chi connectivity index (χ4v) is 2.44. The molecule has 0 saturated carbocycles. The normalized spacial score (nSPS) is 13.4. The zero-order chi connectivity index (χ0) is 10.0. The highest BCUT2D eigenvalue weighted by Crippen LogP contribution is 2.29. The van der Waals surface area contributed by atoms with E-state index in [0.717, 1.165) is 8.95 Å². The quantitative estimate of drug-likeness (QED) is 0.882. The standard InChI is InChI=1S/C10H13Br2N/c1-6(2)10(13)8-4-3-7(11)5-9(8)12/h3-6,10H,13H2,1-2H3. The van der Waals surface area contributed by atoms with Crippen LogP contribution in [0.1, 0.15) is 25.5 Å². The first kappa shape index (κ1) is 11.2. The van der Waals surface area contributed by atoms with Crippen molar-refractivity contribution in [2.24, 2.45) is 11.7 Å². The van der Waals surface area contributed by atoms with Gasteiger partial charge < -0.3 is 5.73 Å². The minimum atomic E-state index is 0.0995. The Balaban J connectivity index is 3.01. The lowest BCUT2D eigenvalue weighted by molar-refractivity contribution is 0.512. The van der Waals surface area contributed by atoms with Crippen LogP contribution >= 0.6 is 31.9 Å². The zero-order valence-corrected chi connectivity index (χ0v) is 10.9. The van der Waals surface area contributed by atoms with E-state index in [1.807, 2.05) is 12.1 Å². The molecule has 0 aliphatic carbocycles. The number of hydrogen-bond acceptors (Lipinski definition) is 1. The van der Waals surface area contributed by atoms with Crippen LogP contribution in [0.15, 0.2) is 27.1 Å². The Hall–Kier alpha value is 0.140.